The molecule has 2 nitrogen and oxygen atoms in total. The molecule has 0 aliphatic heterocycles. The molecule has 0 amide bonds. The summed E-state index contributed by atoms with van der Waals surface area (Å²) in [5, 5.41) is 5.80. The van der Waals surface area contributed by atoms with Crippen LogP contribution in [0.1, 0.15) is 4.88 Å². The van der Waals surface area contributed by atoms with Crippen molar-refractivity contribution in [1.82, 2.24) is 0 Å². The second-order valence-corrected chi connectivity index (χ2v) is 4.87. The van der Waals surface area contributed by atoms with Gasteiger partial charge in [-0.25, -0.2) is 4.39 Å². The number of thiophene rings is 1. The molecule has 0 aliphatic rings. The van der Waals surface area contributed by atoms with Gasteiger partial charge in [0.05, 0.1) is 12.1 Å². The first kappa shape index (κ1) is 12.2. The number of ether oxygens (including phenoxy) is 1. The summed E-state index contributed by atoms with van der Waals surface area (Å²) < 4.78 is 18.1. The van der Waals surface area contributed by atoms with E-state index in [1.54, 1.807) is 23.5 Å². The molecule has 0 saturated carbocycles. The summed E-state index contributed by atoms with van der Waals surface area (Å²) >= 11 is 7.41. The zero-order valence-electron chi connectivity index (χ0n) is 9.17. The lowest BCUT2D eigenvalue weighted by atomic mass is 10.3. The average molecular weight is 272 g/mol. The highest BCUT2D eigenvalue weighted by molar-refractivity contribution is 7.10. The van der Waals surface area contributed by atoms with Crippen molar-refractivity contribution in [3.63, 3.8) is 0 Å². The van der Waals surface area contributed by atoms with Crippen molar-refractivity contribution in [2.75, 3.05) is 12.4 Å². The van der Waals surface area contributed by atoms with Gasteiger partial charge in [0, 0.05) is 28.6 Å². The largest absolute Gasteiger partial charge is 0.494 e. The van der Waals surface area contributed by atoms with Crippen molar-refractivity contribution in [3.8, 4) is 5.75 Å². The van der Waals surface area contributed by atoms with E-state index in [2.05, 4.69) is 5.32 Å². The molecule has 2 rings (SSSR count). The number of halogens is 2. The molecule has 1 N–H and O–H groups in total. The lowest BCUT2D eigenvalue weighted by molar-refractivity contribution is 0.387. The molecule has 0 saturated heterocycles. The molecular weight excluding hydrogens is 261 g/mol. The van der Waals surface area contributed by atoms with Crippen LogP contribution in [0.25, 0.3) is 0 Å². The normalized spacial score (nSPS) is 10.3. The minimum absolute atomic E-state index is 0.235. The van der Waals surface area contributed by atoms with E-state index in [4.69, 9.17) is 16.3 Å². The van der Waals surface area contributed by atoms with Crippen LogP contribution in [-0.4, -0.2) is 7.11 Å². The van der Waals surface area contributed by atoms with Crippen molar-refractivity contribution in [2.45, 2.75) is 6.54 Å². The SMILES string of the molecule is COc1cc(NCc2cc(Cl)cs2)ccc1F. The fraction of sp³-hybridized carbons (Fsp3) is 0.167. The van der Waals surface area contributed by atoms with Crippen LogP contribution in [0, 0.1) is 5.82 Å². The topological polar surface area (TPSA) is 21.3 Å². The van der Waals surface area contributed by atoms with Gasteiger partial charge in [0.15, 0.2) is 11.6 Å². The van der Waals surface area contributed by atoms with E-state index in [0.717, 1.165) is 15.6 Å². The molecule has 5 heteroatoms. The molecule has 0 aliphatic carbocycles. The Bertz CT molecular complexity index is 515. The standard InChI is InChI=1S/C12H11ClFNOS/c1-16-12-5-9(2-3-11(12)14)15-6-10-4-8(13)7-17-10/h2-5,7,15H,6H2,1H3. The van der Waals surface area contributed by atoms with Gasteiger partial charge in [0.2, 0.25) is 0 Å². The quantitative estimate of drug-likeness (QED) is 0.901. The number of rotatable bonds is 4. The minimum Gasteiger partial charge on any atom is -0.494 e. The van der Waals surface area contributed by atoms with Crippen LogP contribution in [0.5, 0.6) is 5.75 Å². The molecule has 0 bridgehead atoms. The number of methoxy groups -OCH3 is 1. The molecule has 0 spiro atoms. The molecular formula is C12H11ClFNOS. The molecule has 0 fully saturated rings. The highest BCUT2D eigenvalue weighted by atomic mass is 35.5. The summed E-state index contributed by atoms with van der Waals surface area (Å²) in [6.07, 6.45) is 0. The highest BCUT2D eigenvalue weighted by Crippen LogP contribution is 2.23. The third-order valence-electron chi connectivity index (χ3n) is 2.24. The van der Waals surface area contributed by atoms with E-state index >= 15 is 0 Å². The van der Waals surface area contributed by atoms with Crippen LogP contribution in [0.2, 0.25) is 5.02 Å². The van der Waals surface area contributed by atoms with Gasteiger partial charge in [-0.3, -0.25) is 0 Å². The molecule has 17 heavy (non-hydrogen) atoms. The number of nitrogens with one attached hydrogen (secondary N) is 1. The van der Waals surface area contributed by atoms with Gasteiger partial charge < -0.3 is 10.1 Å². The van der Waals surface area contributed by atoms with Crippen molar-refractivity contribution in [3.05, 3.63) is 45.4 Å². The summed E-state index contributed by atoms with van der Waals surface area (Å²) in [6.45, 7) is 0.659. The minimum atomic E-state index is -0.364. The Hall–Kier alpha value is -1.26. The maximum absolute atomic E-state index is 13.2. The summed E-state index contributed by atoms with van der Waals surface area (Å²) in [5.41, 5.74) is 0.813. The molecule has 0 radical (unpaired) electrons. The van der Waals surface area contributed by atoms with Crippen molar-refractivity contribution in [2.24, 2.45) is 0 Å². The molecule has 0 unspecified atom stereocenters. The second kappa shape index (κ2) is 5.38. The molecule has 1 heterocycles. The maximum atomic E-state index is 13.2. The number of hydrogen-bond acceptors (Lipinski definition) is 3. The molecule has 2 aromatic rings. The Morgan fingerprint density at radius 2 is 2.24 bits per heavy atom. The van der Waals surface area contributed by atoms with Crippen molar-refractivity contribution >= 4 is 28.6 Å². The third-order valence-corrected chi connectivity index (χ3v) is 3.52. The summed E-state index contributed by atoms with van der Waals surface area (Å²) in [4.78, 5) is 1.12. The van der Waals surface area contributed by atoms with Crippen LogP contribution in [0.3, 0.4) is 0 Å². The summed E-state index contributed by atoms with van der Waals surface area (Å²) in [7, 11) is 1.45. The van der Waals surface area contributed by atoms with E-state index in [9.17, 15) is 4.39 Å². The van der Waals surface area contributed by atoms with Crippen LogP contribution in [0.15, 0.2) is 29.6 Å². The molecule has 0 atom stereocenters. The van der Waals surface area contributed by atoms with Crippen molar-refractivity contribution < 1.29 is 9.13 Å². The van der Waals surface area contributed by atoms with E-state index in [1.807, 2.05) is 11.4 Å². The second-order valence-electron chi connectivity index (χ2n) is 3.43. The van der Waals surface area contributed by atoms with Crippen LogP contribution in [0.4, 0.5) is 10.1 Å². The highest BCUT2D eigenvalue weighted by Gasteiger charge is 2.03. The molecule has 1 aromatic heterocycles. The first-order valence-electron chi connectivity index (χ1n) is 4.99. The van der Waals surface area contributed by atoms with Gasteiger partial charge in [0.25, 0.3) is 0 Å². The van der Waals surface area contributed by atoms with E-state index < -0.39 is 0 Å². The lowest BCUT2D eigenvalue weighted by Gasteiger charge is -2.07. The molecule has 1 aromatic carbocycles. The van der Waals surface area contributed by atoms with Gasteiger partial charge in [-0.15, -0.1) is 11.3 Å². The lowest BCUT2D eigenvalue weighted by Crippen LogP contribution is -1.98. The number of anilines is 1. The summed E-state index contributed by atoms with van der Waals surface area (Å²) in [6, 6.07) is 6.58. The van der Waals surface area contributed by atoms with Gasteiger partial charge in [-0.05, 0) is 18.2 Å². The third kappa shape index (κ3) is 3.11. The van der Waals surface area contributed by atoms with Gasteiger partial charge in [-0.1, -0.05) is 11.6 Å². The maximum Gasteiger partial charge on any atom is 0.165 e. The Balaban J connectivity index is 2.04. The smallest absolute Gasteiger partial charge is 0.165 e. The van der Waals surface area contributed by atoms with Crippen LogP contribution >= 0.6 is 22.9 Å². The van der Waals surface area contributed by atoms with Gasteiger partial charge in [-0.2, -0.15) is 0 Å². The van der Waals surface area contributed by atoms with E-state index in [-0.39, 0.29) is 11.6 Å². The average Bonchev–Trinajstić information content (AvgIpc) is 2.74. The summed E-state index contributed by atoms with van der Waals surface area (Å²) in [5.74, 6) is -0.128. The molecule has 90 valence electrons. The zero-order chi connectivity index (χ0) is 12.3. The monoisotopic (exact) mass is 271 g/mol. The fourth-order valence-electron chi connectivity index (χ4n) is 1.41. The first-order valence-corrected chi connectivity index (χ1v) is 6.25. The van der Waals surface area contributed by atoms with Crippen LogP contribution in [-0.2, 0) is 6.54 Å². The fourth-order valence-corrected chi connectivity index (χ4v) is 2.42. The van der Waals surface area contributed by atoms with Crippen LogP contribution < -0.4 is 10.1 Å². The first-order chi connectivity index (χ1) is 8.19. The predicted molar refractivity (Wildman–Crippen MR) is 69.6 cm³/mol. The Kier molecular flexibility index (Phi) is 3.86. The van der Waals surface area contributed by atoms with E-state index in [1.165, 1.54) is 13.2 Å². The number of hydrogen-bond donors (Lipinski definition) is 1. The van der Waals surface area contributed by atoms with E-state index in [0.29, 0.717) is 6.54 Å². The number of benzene rings is 1. The van der Waals surface area contributed by atoms with Gasteiger partial charge >= 0.3 is 0 Å². The zero-order valence-corrected chi connectivity index (χ0v) is 10.7. The Labute approximate surface area is 108 Å². The van der Waals surface area contributed by atoms with Crippen molar-refractivity contribution in [1.29, 1.82) is 0 Å². The Morgan fingerprint density at radius 3 is 2.88 bits per heavy atom. The predicted octanol–water partition coefficient (Wildman–Crippen LogP) is 4.16. The Morgan fingerprint density at radius 1 is 1.41 bits per heavy atom. The van der Waals surface area contributed by atoms with Gasteiger partial charge in [0.1, 0.15) is 0 Å².